The first-order chi connectivity index (χ1) is 13.9. The fourth-order valence-electron chi connectivity index (χ4n) is 2.61. The lowest BCUT2D eigenvalue weighted by atomic mass is 10.1. The Hall–Kier alpha value is -3.52. The number of amides is 1. The van der Waals surface area contributed by atoms with Crippen LogP contribution in [0.3, 0.4) is 0 Å². The lowest BCUT2D eigenvalue weighted by Crippen LogP contribution is -2.31. The lowest BCUT2D eigenvalue weighted by molar-refractivity contribution is -0.142. The highest BCUT2D eigenvalue weighted by molar-refractivity contribution is 7.90. The Morgan fingerprint density at radius 2 is 1.66 bits per heavy atom. The molecule has 0 aliphatic carbocycles. The molecule has 1 heterocycles. The van der Waals surface area contributed by atoms with Gasteiger partial charge in [-0.15, -0.1) is 0 Å². The highest BCUT2D eigenvalue weighted by Gasteiger charge is 2.22. The van der Waals surface area contributed by atoms with Crippen molar-refractivity contribution in [1.29, 1.82) is 0 Å². The Morgan fingerprint density at radius 3 is 2.31 bits per heavy atom. The molecule has 0 fully saturated rings. The number of pyridine rings is 1. The van der Waals surface area contributed by atoms with Crippen molar-refractivity contribution in [2.45, 2.75) is 18.4 Å². The van der Waals surface area contributed by atoms with Crippen molar-refractivity contribution in [3.05, 3.63) is 84.2 Å². The number of nitrogens with zero attached hydrogens (tertiary/aromatic N) is 1. The topological polar surface area (TPSA) is 102 Å². The van der Waals surface area contributed by atoms with E-state index in [1.54, 1.807) is 42.5 Å². The number of esters is 1. The van der Waals surface area contributed by atoms with Gasteiger partial charge < -0.3 is 4.74 Å². The van der Waals surface area contributed by atoms with E-state index >= 15 is 0 Å². The first-order valence-electron chi connectivity index (χ1n) is 8.67. The molecule has 29 heavy (non-hydrogen) atoms. The maximum Gasteiger partial charge on any atom is 0.303 e. The molecule has 0 unspecified atom stereocenters. The lowest BCUT2D eigenvalue weighted by Gasteiger charge is -2.12. The van der Waals surface area contributed by atoms with E-state index < -0.39 is 21.9 Å². The van der Waals surface area contributed by atoms with E-state index in [0.717, 1.165) is 5.56 Å². The van der Waals surface area contributed by atoms with E-state index in [9.17, 15) is 18.0 Å². The van der Waals surface area contributed by atoms with Crippen molar-refractivity contribution in [3.63, 3.8) is 0 Å². The van der Waals surface area contributed by atoms with Gasteiger partial charge in [-0.3, -0.25) is 14.6 Å². The van der Waals surface area contributed by atoms with Crippen LogP contribution in [0.25, 0.3) is 11.1 Å². The summed E-state index contributed by atoms with van der Waals surface area (Å²) in [6.45, 7) is 1.25. The third-order valence-corrected chi connectivity index (χ3v) is 5.39. The van der Waals surface area contributed by atoms with Crippen LogP contribution in [0.1, 0.15) is 23.0 Å². The van der Waals surface area contributed by atoms with Crippen LogP contribution in [-0.2, 0) is 26.2 Å². The predicted molar refractivity (Wildman–Crippen MR) is 106 cm³/mol. The van der Waals surface area contributed by atoms with Crippen LogP contribution in [0.15, 0.2) is 77.8 Å². The minimum atomic E-state index is -4.11. The summed E-state index contributed by atoms with van der Waals surface area (Å²) in [7, 11) is -4.11. The Morgan fingerprint density at radius 1 is 0.966 bits per heavy atom. The van der Waals surface area contributed by atoms with Crippen LogP contribution in [0, 0.1) is 0 Å². The first kappa shape index (κ1) is 20.2. The number of hydrogen-bond acceptors (Lipinski definition) is 6. The second-order valence-electron chi connectivity index (χ2n) is 6.12. The minimum absolute atomic E-state index is 0.000937. The van der Waals surface area contributed by atoms with E-state index in [1.165, 1.54) is 31.3 Å². The Balaban J connectivity index is 1.81. The quantitative estimate of drug-likeness (QED) is 0.627. The largest absolute Gasteiger partial charge is 0.459 e. The molecule has 0 spiro atoms. The fourth-order valence-corrected chi connectivity index (χ4v) is 3.82. The van der Waals surface area contributed by atoms with Crippen molar-refractivity contribution in [2.24, 2.45) is 0 Å². The molecule has 0 aliphatic rings. The van der Waals surface area contributed by atoms with Gasteiger partial charge in [-0.1, -0.05) is 48.5 Å². The molecule has 1 aromatic heterocycles. The van der Waals surface area contributed by atoms with Crippen molar-refractivity contribution in [1.82, 2.24) is 9.71 Å². The van der Waals surface area contributed by atoms with Gasteiger partial charge in [0, 0.05) is 18.7 Å². The number of carbonyl (C=O) groups excluding carboxylic acids is 2. The molecule has 0 atom stereocenters. The zero-order valence-corrected chi connectivity index (χ0v) is 16.3. The van der Waals surface area contributed by atoms with Crippen LogP contribution in [0.2, 0.25) is 0 Å². The molecule has 3 rings (SSSR count). The second kappa shape index (κ2) is 8.66. The van der Waals surface area contributed by atoms with Gasteiger partial charge in [0.1, 0.15) is 6.61 Å². The number of carbonyl (C=O) groups is 2. The van der Waals surface area contributed by atoms with Crippen LogP contribution >= 0.6 is 0 Å². The van der Waals surface area contributed by atoms with Gasteiger partial charge in [0.15, 0.2) is 0 Å². The van der Waals surface area contributed by atoms with Gasteiger partial charge in [0.05, 0.1) is 16.2 Å². The highest BCUT2D eigenvalue weighted by atomic mass is 32.2. The molecule has 1 amide bonds. The maximum absolute atomic E-state index is 12.8. The van der Waals surface area contributed by atoms with Crippen molar-refractivity contribution in [3.8, 4) is 11.1 Å². The van der Waals surface area contributed by atoms with Gasteiger partial charge in [-0.05, 0) is 23.8 Å². The average molecular weight is 410 g/mol. The zero-order chi connectivity index (χ0) is 20.9. The van der Waals surface area contributed by atoms with Crippen molar-refractivity contribution < 1.29 is 22.7 Å². The van der Waals surface area contributed by atoms with Crippen LogP contribution in [0.5, 0.6) is 0 Å². The fraction of sp³-hybridized carbons (Fsp3) is 0.0952. The Labute approximate surface area is 168 Å². The molecular weight excluding hydrogens is 392 g/mol. The van der Waals surface area contributed by atoms with E-state index in [2.05, 4.69) is 9.71 Å². The molecular formula is C21H18N2O5S. The van der Waals surface area contributed by atoms with Gasteiger partial charge in [0.2, 0.25) is 0 Å². The van der Waals surface area contributed by atoms with Gasteiger partial charge in [-0.25, -0.2) is 13.1 Å². The van der Waals surface area contributed by atoms with E-state index in [4.69, 9.17) is 4.74 Å². The molecule has 2 aromatic carbocycles. The summed E-state index contributed by atoms with van der Waals surface area (Å²) in [5, 5.41) is 0. The SMILES string of the molecule is CC(=O)OCc1ccc(C(=O)NS(=O)(=O)c2ccccc2-c2ccccc2)cn1. The summed E-state index contributed by atoms with van der Waals surface area (Å²) in [6, 6.07) is 18.4. The number of benzene rings is 2. The van der Waals surface area contributed by atoms with Gasteiger partial charge in [-0.2, -0.15) is 0 Å². The summed E-state index contributed by atoms with van der Waals surface area (Å²) in [6.07, 6.45) is 1.23. The molecule has 3 aromatic rings. The summed E-state index contributed by atoms with van der Waals surface area (Å²) < 4.78 is 32.6. The molecule has 0 aliphatic heterocycles. The zero-order valence-electron chi connectivity index (χ0n) is 15.5. The predicted octanol–water partition coefficient (Wildman–Crippen LogP) is 2.93. The van der Waals surface area contributed by atoms with E-state index in [1.807, 2.05) is 6.07 Å². The molecule has 148 valence electrons. The second-order valence-corrected chi connectivity index (χ2v) is 7.77. The average Bonchev–Trinajstić information content (AvgIpc) is 2.73. The van der Waals surface area contributed by atoms with E-state index in [0.29, 0.717) is 11.3 Å². The van der Waals surface area contributed by atoms with Gasteiger partial charge in [0.25, 0.3) is 15.9 Å². The molecule has 0 saturated heterocycles. The van der Waals surface area contributed by atoms with Crippen LogP contribution in [0.4, 0.5) is 0 Å². The number of hydrogen-bond donors (Lipinski definition) is 1. The number of sulfonamides is 1. The number of nitrogens with one attached hydrogen (secondary N) is 1. The summed E-state index contributed by atoms with van der Waals surface area (Å²) in [5.41, 5.74) is 1.71. The Bertz CT molecular complexity index is 1130. The third-order valence-electron chi connectivity index (χ3n) is 4.00. The maximum atomic E-state index is 12.8. The molecule has 1 N–H and O–H groups in total. The molecule has 8 heteroatoms. The third kappa shape index (κ3) is 5.05. The van der Waals surface area contributed by atoms with Crippen LogP contribution in [-0.4, -0.2) is 25.3 Å². The number of ether oxygens (including phenoxy) is 1. The highest BCUT2D eigenvalue weighted by Crippen LogP contribution is 2.27. The minimum Gasteiger partial charge on any atom is -0.459 e. The van der Waals surface area contributed by atoms with Crippen molar-refractivity contribution in [2.75, 3.05) is 0 Å². The Kier molecular flexibility index (Phi) is 6.04. The normalized spacial score (nSPS) is 10.9. The standard InChI is InChI=1S/C21H18N2O5S/c1-15(24)28-14-18-12-11-17(13-22-18)21(25)23-29(26,27)20-10-6-5-9-19(20)16-7-3-2-4-8-16/h2-13H,14H2,1H3,(H,23,25). The smallest absolute Gasteiger partial charge is 0.303 e. The molecule has 0 saturated carbocycles. The van der Waals surface area contributed by atoms with E-state index in [-0.39, 0.29) is 17.1 Å². The summed E-state index contributed by atoms with van der Waals surface area (Å²) in [4.78, 5) is 27.3. The van der Waals surface area contributed by atoms with Gasteiger partial charge >= 0.3 is 5.97 Å². The number of aromatic nitrogens is 1. The monoisotopic (exact) mass is 410 g/mol. The molecule has 0 radical (unpaired) electrons. The van der Waals surface area contributed by atoms with Crippen LogP contribution < -0.4 is 4.72 Å². The number of rotatable bonds is 6. The summed E-state index contributed by atoms with van der Waals surface area (Å²) >= 11 is 0. The first-order valence-corrected chi connectivity index (χ1v) is 10.1. The summed E-state index contributed by atoms with van der Waals surface area (Å²) in [5.74, 6) is -1.25. The van der Waals surface area contributed by atoms with Crippen molar-refractivity contribution >= 4 is 21.9 Å². The molecule has 7 nitrogen and oxygen atoms in total. The molecule has 0 bridgehead atoms.